The zero-order chi connectivity index (χ0) is 21.8. The number of amides is 1. The van der Waals surface area contributed by atoms with Crippen molar-refractivity contribution in [1.29, 1.82) is 0 Å². The van der Waals surface area contributed by atoms with E-state index < -0.39 is 0 Å². The highest BCUT2D eigenvalue weighted by atomic mass is 16.5. The van der Waals surface area contributed by atoms with E-state index in [0.29, 0.717) is 12.1 Å². The second-order valence-electron chi connectivity index (χ2n) is 8.01. The molecule has 0 saturated heterocycles. The van der Waals surface area contributed by atoms with Crippen molar-refractivity contribution in [2.24, 2.45) is 0 Å². The van der Waals surface area contributed by atoms with Crippen LogP contribution in [0.15, 0.2) is 72.8 Å². The third kappa shape index (κ3) is 4.50. The molecule has 0 fully saturated rings. The van der Waals surface area contributed by atoms with E-state index in [1.165, 1.54) is 16.8 Å². The molecule has 0 bridgehead atoms. The van der Waals surface area contributed by atoms with Crippen molar-refractivity contribution in [3.63, 3.8) is 0 Å². The van der Waals surface area contributed by atoms with E-state index >= 15 is 0 Å². The maximum Gasteiger partial charge on any atom is 0.251 e. The molecular formula is C26H29N3O2. The summed E-state index contributed by atoms with van der Waals surface area (Å²) in [6, 6.07) is 24.4. The molecular weight excluding hydrogens is 386 g/mol. The fourth-order valence-electron chi connectivity index (χ4n) is 4.12. The van der Waals surface area contributed by atoms with Crippen molar-refractivity contribution < 1.29 is 9.53 Å². The van der Waals surface area contributed by atoms with Gasteiger partial charge in [0.2, 0.25) is 0 Å². The van der Waals surface area contributed by atoms with Crippen LogP contribution in [0.5, 0.6) is 5.75 Å². The molecule has 1 aliphatic heterocycles. The van der Waals surface area contributed by atoms with Crippen LogP contribution in [0.4, 0.5) is 11.4 Å². The van der Waals surface area contributed by atoms with Crippen molar-refractivity contribution in [3.8, 4) is 5.75 Å². The van der Waals surface area contributed by atoms with E-state index in [-0.39, 0.29) is 11.9 Å². The van der Waals surface area contributed by atoms with Gasteiger partial charge in [-0.1, -0.05) is 30.3 Å². The number of carbonyl (C=O) groups excluding carboxylic acids is 1. The second-order valence-corrected chi connectivity index (χ2v) is 8.01. The molecule has 3 aromatic rings. The van der Waals surface area contributed by atoms with Gasteiger partial charge < -0.3 is 19.9 Å². The van der Waals surface area contributed by atoms with Gasteiger partial charge in [-0.2, -0.15) is 0 Å². The molecule has 1 N–H and O–H groups in total. The molecule has 0 radical (unpaired) electrons. The first-order chi connectivity index (χ1) is 15.1. The van der Waals surface area contributed by atoms with Crippen LogP contribution in [0.2, 0.25) is 0 Å². The number of methoxy groups -OCH3 is 1. The summed E-state index contributed by atoms with van der Waals surface area (Å²) in [5, 5.41) is 3.15. The van der Waals surface area contributed by atoms with Crippen LogP contribution in [0.25, 0.3) is 0 Å². The molecule has 0 saturated carbocycles. The number of benzene rings is 3. The van der Waals surface area contributed by atoms with Crippen LogP contribution in [0, 0.1) is 0 Å². The monoisotopic (exact) mass is 415 g/mol. The van der Waals surface area contributed by atoms with E-state index in [1.54, 1.807) is 19.2 Å². The zero-order valence-electron chi connectivity index (χ0n) is 18.3. The summed E-state index contributed by atoms with van der Waals surface area (Å²) in [4.78, 5) is 17.3. The van der Waals surface area contributed by atoms with E-state index in [2.05, 4.69) is 63.6 Å². The number of fused-ring (bicyclic) bond motifs is 1. The minimum Gasteiger partial charge on any atom is -0.497 e. The number of nitrogens with one attached hydrogen (secondary N) is 1. The Kier molecular flexibility index (Phi) is 6.12. The van der Waals surface area contributed by atoms with Crippen molar-refractivity contribution in [2.45, 2.75) is 12.5 Å². The van der Waals surface area contributed by atoms with E-state index in [0.717, 1.165) is 24.4 Å². The van der Waals surface area contributed by atoms with Gasteiger partial charge in [0, 0.05) is 44.1 Å². The Morgan fingerprint density at radius 2 is 1.74 bits per heavy atom. The molecule has 0 aromatic heterocycles. The average Bonchev–Trinajstić information content (AvgIpc) is 3.23. The summed E-state index contributed by atoms with van der Waals surface area (Å²) >= 11 is 0. The highest BCUT2D eigenvalue weighted by Crippen LogP contribution is 2.35. The summed E-state index contributed by atoms with van der Waals surface area (Å²) in [7, 11) is 5.70. The summed E-state index contributed by atoms with van der Waals surface area (Å²) in [5.41, 5.74) is 5.59. The molecule has 1 heterocycles. The Hall–Kier alpha value is -3.47. The Balaban J connectivity index is 1.57. The Morgan fingerprint density at radius 1 is 1.03 bits per heavy atom. The zero-order valence-corrected chi connectivity index (χ0v) is 18.3. The molecule has 1 aliphatic rings. The molecule has 4 rings (SSSR count). The lowest BCUT2D eigenvalue weighted by Crippen LogP contribution is -2.37. The lowest BCUT2D eigenvalue weighted by molar-refractivity contribution is 0.0951. The summed E-state index contributed by atoms with van der Waals surface area (Å²) < 4.78 is 5.19. The fraction of sp³-hybridized carbons (Fsp3) is 0.269. The first-order valence-corrected chi connectivity index (χ1v) is 10.6. The maximum absolute atomic E-state index is 12.8. The van der Waals surface area contributed by atoms with Gasteiger partial charge in [-0.3, -0.25) is 4.79 Å². The standard InChI is InChI=1S/C26H29N3O2/c1-28(2)22-12-8-20(9-13-22)25(29-17-16-19-6-4-5-7-24(19)29)18-27-26(30)21-10-14-23(31-3)15-11-21/h4-15,25H,16-18H2,1-3H3,(H,27,30)/t25-/m0/s1. The largest absolute Gasteiger partial charge is 0.497 e. The molecule has 31 heavy (non-hydrogen) atoms. The van der Waals surface area contributed by atoms with Crippen LogP contribution < -0.4 is 19.9 Å². The smallest absolute Gasteiger partial charge is 0.251 e. The molecule has 3 aromatic carbocycles. The van der Waals surface area contributed by atoms with Crippen LogP contribution in [0.1, 0.15) is 27.5 Å². The third-order valence-corrected chi connectivity index (χ3v) is 5.90. The highest BCUT2D eigenvalue weighted by Gasteiger charge is 2.27. The summed E-state index contributed by atoms with van der Waals surface area (Å²) in [5.74, 6) is 0.661. The van der Waals surface area contributed by atoms with Gasteiger partial charge in [0.05, 0.1) is 13.2 Å². The topological polar surface area (TPSA) is 44.8 Å². The van der Waals surface area contributed by atoms with E-state index in [1.807, 2.05) is 26.2 Å². The van der Waals surface area contributed by atoms with Gasteiger partial charge in [0.15, 0.2) is 0 Å². The lowest BCUT2D eigenvalue weighted by atomic mass is 10.0. The van der Waals surface area contributed by atoms with Crippen molar-refractivity contribution in [2.75, 3.05) is 44.1 Å². The minimum atomic E-state index is -0.0787. The van der Waals surface area contributed by atoms with E-state index in [4.69, 9.17) is 4.74 Å². The number of carbonyl (C=O) groups is 1. The van der Waals surface area contributed by atoms with Crippen LogP contribution >= 0.6 is 0 Å². The Bertz CT molecular complexity index is 1030. The van der Waals surface area contributed by atoms with Crippen LogP contribution in [-0.2, 0) is 6.42 Å². The SMILES string of the molecule is COc1ccc(C(=O)NC[C@@H](c2ccc(N(C)C)cc2)N2CCc3ccccc32)cc1. The number of ether oxygens (including phenoxy) is 1. The predicted molar refractivity (Wildman–Crippen MR) is 126 cm³/mol. The van der Waals surface area contributed by atoms with Crippen molar-refractivity contribution >= 4 is 17.3 Å². The minimum absolute atomic E-state index is 0.0575. The number of hydrogen-bond donors (Lipinski definition) is 1. The molecule has 0 spiro atoms. The number of rotatable bonds is 7. The van der Waals surface area contributed by atoms with Crippen LogP contribution in [0.3, 0.4) is 0 Å². The lowest BCUT2D eigenvalue weighted by Gasteiger charge is -2.31. The molecule has 1 amide bonds. The fourth-order valence-corrected chi connectivity index (χ4v) is 4.12. The quantitative estimate of drug-likeness (QED) is 0.625. The van der Waals surface area contributed by atoms with Gasteiger partial charge >= 0.3 is 0 Å². The normalized spacial score (nSPS) is 13.5. The molecule has 5 heteroatoms. The molecule has 0 aliphatic carbocycles. The van der Waals surface area contributed by atoms with Gasteiger partial charge in [0.25, 0.3) is 5.91 Å². The molecule has 5 nitrogen and oxygen atoms in total. The van der Waals surface area contributed by atoms with Gasteiger partial charge in [-0.25, -0.2) is 0 Å². The maximum atomic E-state index is 12.8. The molecule has 1 atom stereocenters. The number of nitrogens with zero attached hydrogens (tertiary/aromatic N) is 2. The first-order valence-electron chi connectivity index (χ1n) is 10.6. The van der Waals surface area contributed by atoms with Crippen molar-refractivity contribution in [3.05, 3.63) is 89.5 Å². The third-order valence-electron chi connectivity index (χ3n) is 5.90. The van der Waals surface area contributed by atoms with Gasteiger partial charge in [0.1, 0.15) is 5.75 Å². The number of hydrogen-bond acceptors (Lipinski definition) is 4. The second kappa shape index (κ2) is 9.13. The van der Waals surface area contributed by atoms with E-state index in [9.17, 15) is 4.79 Å². The number of para-hydroxylation sites is 1. The Labute approximate surface area is 184 Å². The molecule has 0 unspecified atom stereocenters. The average molecular weight is 416 g/mol. The van der Waals surface area contributed by atoms with Gasteiger partial charge in [-0.15, -0.1) is 0 Å². The van der Waals surface area contributed by atoms with Crippen LogP contribution in [-0.4, -0.2) is 40.2 Å². The number of anilines is 2. The summed E-state index contributed by atoms with van der Waals surface area (Å²) in [6.07, 6.45) is 1.02. The highest BCUT2D eigenvalue weighted by molar-refractivity contribution is 5.94. The molecule has 160 valence electrons. The van der Waals surface area contributed by atoms with Gasteiger partial charge in [-0.05, 0) is 60.0 Å². The summed E-state index contributed by atoms with van der Waals surface area (Å²) in [6.45, 7) is 1.47. The van der Waals surface area contributed by atoms with Crippen molar-refractivity contribution in [1.82, 2.24) is 5.32 Å². The predicted octanol–water partition coefficient (Wildman–Crippen LogP) is 4.30. The Morgan fingerprint density at radius 3 is 2.42 bits per heavy atom. The first kappa shape index (κ1) is 20.8.